The summed E-state index contributed by atoms with van der Waals surface area (Å²) in [6.07, 6.45) is 0.955. The number of hydrogen-bond acceptors (Lipinski definition) is 6. The molecule has 0 fully saturated rings. The van der Waals surface area contributed by atoms with Gasteiger partial charge in [0.2, 0.25) is 5.82 Å². The van der Waals surface area contributed by atoms with Gasteiger partial charge in [0.25, 0.3) is 5.88 Å². The first kappa shape index (κ1) is 15.0. The summed E-state index contributed by atoms with van der Waals surface area (Å²) in [6.45, 7) is 3.51. The van der Waals surface area contributed by atoms with Crippen LogP contribution in [0.15, 0.2) is 30.6 Å². The van der Waals surface area contributed by atoms with Crippen LogP contribution >= 0.6 is 11.6 Å². The average molecular weight is 309 g/mol. The lowest BCUT2D eigenvalue weighted by Crippen LogP contribution is -2.11. The van der Waals surface area contributed by atoms with Crippen molar-refractivity contribution in [1.82, 2.24) is 9.97 Å². The first-order valence-electron chi connectivity index (χ1n) is 6.16. The quantitative estimate of drug-likeness (QED) is 0.670. The molecule has 2 rings (SSSR count). The van der Waals surface area contributed by atoms with E-state index >= 15 is 0 Å². The van der Waals surface area contributed by atoms with Crippen molar-refractivity contribution in [2.75, 3.05) is 5.32 Å². The molecule has 0 amide bonds. The van der Waals surface area contributed by atoms with Crippen molar-refractivity contribution in [2.24, 2.45) is 0 Å². The van der Waals surface area contributed by atoms with Gasteiger partial charge in [-0.15, -0.1) is 0 Å². The van der Waals surface area contributed by atoms with Gasteiger partial charge in [0.05, 0.1) is 21.7 Å². The van der Waals surface area contributed by atoms with Crippen LogP contribution in [0.25, 0.3) is 0 Å². The molecule has 2 aromatic rings. The fraction of sp³-hybridized carbons (Fsp3) is 0.231. The maximum Gasteiger partial charge on any atom is 0.373 e. The zero-order valence-electron chi connectivity index (χ0n) is 11.4. The van der Waals surface area contributed by atoms with E-state index in [1.807, 2.05) is 0 Å². The smallest absolute Gasteiger partial charge is 0.373 e. The van der Waals surface area contributed by atoms with E-state index in [0.717, 1.165) is 0 Å². The minimum Gasteiger partial charge on any atom is -0.470 e. The highest BCUT2D eigenvalue weighted by Gasteiger charge is 2.25. The second kappa shape index (κ2) is 6.36. The molecular formula is C13H13ClN4O3. The molecule has 0 spiro atoms. The lowest BCUT2D eigenvalue weighted by Gasteiger charge is -2.11. The molecule has 0 unspecified atom stereocenters. The third-order valence-electron chi connectivity index (χ3n) is 2.45. The molecule has 0 aliphatic rings. The standard InChI is InChI=1S/C13H13ClN4O3/c1-8(2)21-13-11(18(19)20)12(15-7-16-13)17-10-6-4-3-5-9(10)14/h3-8H,1-2H3,(H,15,16,17). The second-order valence-electron chi connectivity index (χ2n) is 4.40. The topological polar surface area (TPSA) is 90.2 Å². The number of halogens is 1. The van der Waals surface area contributed by atoms with Crippen LogP contribution in [-0.4, -0.2) is 21.0 Å². The largest absolute Gasteiger partial charge is 0.470 e. The van der Waals surface area contributed by atoms with Crippen molar-refractivity contribution >= 4 is 28.8 Å². The summed E-state index contributed by atoms with van der Waals surface area (Å²) in [6, 6.07) is 6.88. The van der Waals surface area contributed by atoms with Crippen LogP contribution in [0.2, 0.25) is 5.02 Å². The first-order valence-corrected chi connectivity index (χ1v) is 6.54. The maximum absolute atomic E-state index is 11.3. The molecular weight excluding hydrogens is 296 g/mol. The van der Waals surface area contributed by atoms with Gasteiger partial charge in [-0.25, -0.2) is 4.98 Å². The Hall–Kier alpha value is -2.41. The normalized spacial score (nSPS) is 10.5. The van der Waals surface area contributed by atoms with Gasteiger partial charge in [-0.3, -0.25) is 10.1 Å². The minimum atomic E-state index is -0.586. The van der Waals surface area contributed by atoms with Crippen LogP contribution in [-0.2, 0) is 0 Å². The van der Waals surface area contributed by atoms with Crippen LogP contribution in [0.4, 0.5) is 17.2 Å². The number of aromatic nitrogens is 2. The molecule has 0 atom stereocenters. The van der Waals surface area contributed by atoms with Gasteiger partial charge in [0.15, 0.2) is 0 Å². The van der Waals surface area contributed by atoms with Crippen molar-refractivity contribution in [3.63, 3.8) is 0 Å². The van der Waals surface area contributed by atoms with E-state index in [4.69, 9.17) is 16.3 Å². The van der Waals surface area contributed by atoms with Gasteiger partial charge < -0.3 is 10.1 Å². The van der Waals surface area contributed by atoms with Gasteiger partial charge in [-0.2, -0.15) is 4.98 Å². The third kappa shape index (κ3) is 3.57. The van der Waals surface area contributed by atoms with Gasteiger partial charge in [0.1, 0.15) is 6.33 Å². The van der Waals surface area contributed by atoms with Crippen LogP contribution < -0.4 is 10.1 Å². The van der Waals surface area contributed by atoms with E-state index in [9.17, 15) is 10.1 Å². The molecule has 1 N–H and O–H groups in total. The lowest BCUT2D eigenvalue weighted by atomic mass is 10.3. The highest BCUT2D eigenvalue weighted by atomic mass is 35.5. The Kier molecular flexibility index (Phi) is 4.54. The molecule has 1 aromatic carbocycles. The summed E-state index contributed by atoms with van der Waals surface area (Å²) in [5, 5.41) is 14.5. The summed E-state index contributed by atoms with van der Waals surface area (Å²) in [7, 11) is 0. The predicted molar refractivity (Wildman–Crippen MR) is 79.2 cm³/mol. The van der Waals surface area contributed by atoms with E-state index in [-0.39, 0.29) is 23.5 Å². The van der Waals surface area contributed by atoms with Gasteiger partial charge in [-0.1, -0.05) is 23.7 Å². The molecule has 0 aliphatic carbocycles. The molecule has 0 saturated heterocycles. The van der Waals surface area contributed by atoms with Crippen molar-refractivity contribution < 1.29 is 9.66 Å². The Bertz CT molecular complexity index is 664. The van der Waals surface area contributed by atoms with Crippen molar-refractivity contribution in [2.45, 2.75) is 20.0 Å². The number of anilines is 2. The Morgan fingerprint density at radius 1 is 1.33 bits per heavy atom. The molecule has 21 heavy (non-hydrogen) atoms. The highest BCUT2D eigenvalue weighted by Crippen LogP contribution is 2.34. The molecule has 1 heterocycles. The molecule has 1 aromatic heterocycles. The fourth-order valence-corrected chi connectivity index (χ4v) is 1.80. The molecule has 8 heteroatoms. The van der Waals surface area contributed by atoms with Gasteiger partial charge in [0, 0.05) is 0 Å². The van der Waals surface area contributed by atoms with Crippen LogP contribution in [0, 0.1) is 10.1 Å². The molecule has 0 saturated carbocycles. The third-order valence-corrected chi connectivity index (χ3v) is 2.78. The van der Waals surface area contributed by atoms with Crippen molar-refractivity contribution in [1.29, 1.82) is 0 Å². The Morgan fingerprint density at radius 2 is 2.05 bits per heavy atom. The Balaban J connectivity index is 2.44. The zero-order chi connectivity index (χ0) is 15.4. The zero-order valence-corrected chi connectivity index (χ0v) is 12.2. The predicted octanol–water partition coefficient (Wildman–Crippen LogP) is 3.57. The number of nitrogens with zero attached hydrogens (tertiary/aromatic N) is 3. The fourth-order valence-electron chi connectivity index (χ4n) is 1.62. The monoisotopic (exact) mass is 308 g/mol. The first-order chi connectivity index (χ1) is 9.99. The van der Waals surface area contributed by atoms with E-state index in [1.54, 1.807) is 38.1 Å². The number of ether oxygens (including phenoxy) is 1. The maximum atomic E-state index is 11.3. The second-order valence-corrected chi connectivity index (χ2v) is 4.81. The van der Waals surface area contributed by atoms with Gasteiger partial charge >= 0.3 is 5.69 Å². The molecule has 7 nitrogen and oxygen atoms in total. The Morgan fingerprint density at radius 3 is 2.67 bits per heavy atom. The number of hydrogen-bond donors (Lipinski definition) is 1. The Labute approximate surface area is 126 Å². The van der Waals surface area contributed by atoms with Crippen molar-refractivity contribution in [3.8, 4) is 5.88 Å². The summed E-state index contributed by atoms with van der Waals surface area (Å²) in [5.74, 6) is -0.0571. The van der Waals surface area contributed by atoms with E-state index in [0.29, 0.717) is 10.7 Å². The number of benzene rings is 1. The number of nitro groups is 1. The van der Waals surface area contributed by atoms with Crippen molar-refractivity contribution in [3.05, 3.63) is 45.7 Å². The molecule has 0 aliphatic heterocycles. The van der Waals surface area contributed by atoms with E-state index in [2.05, 4.69) is 15.3 Å². The number of nitrogens with one attached hydrogen (secondary N) is 1. The van der Waals surface area contributed by atoms with Crippen LogP contribution in [0.1, 0.15) is 13.8 Å². The van der Waals surface area contributed by atoms with Crippen LogP contribution in [0.5, 0.6) is 5.88 Å². The minimum absolute atomic E-state index is 0.0266. The van der Waals surface area contributed by atoms with E-state index < -0.39 is 4.92 Å². The average Bonchev–Trinajstić information content (AvgIpc) is 2.40. The SMILES string of the molecule is CC(C)Oc1ncnc(Nc2ccccc2Cl)c1[N+](=O)[O-]. The molecule has 0 bridgehead atoms. The van der Waals surface area contributed by atoms with Crippen LogP contribution in [0.3, 0.4) is 0 Å². The number of para-hydroxylation sites is 1. The summed E-state index contributed by atoms with van der Waals surface area (Å²) >= 11 is 6.02. The summed E-state index contributed by atoms with van der Waals surface area (Å²) in [4.78, 5) is 18.4. The summed E-state index contributed by atoms with van der Waals surface area (Å²) < 4.78 is 5.35. The number of rotatable bonds is 5. The van der Waals surface area contributed by atoms with E-state index in [1.165, 1.54) is 6.33 Å². The highest BCUT2D eigenvalue weighted by molar-refractivity contribution is 6.33. The lowest BCUT2D eigenvalue weighted by molar-refractivity contribution is -0.385. The summed E-state index contributed by atoms with van der Waals surface area (Å²) in [5.41, 5.74) is 0.183. The molecule has 110 valence electrons. The molecule has 0 radical (unpaired) electrons. The van der Waals surface area contributed by atoms with Gasteiger partial charge in [-0.05, 0) is 26.0 Å².